The molecule has 0 atom stereocenters. The third kappa shape index (κ3) is 3.71. The normalized spacial score (nSPS) is 11.2. The molecule has 7 heteroatoms. The summed E-state index contributed by atoms with van der Waals surface area (Å²) in [5.74, 6) is 1.72. The lowest BCUT2D eigenvalue weighted by atomic mass is 10.2. The first kappa shape index (κ1) is 18.4. The van der Waals surface area contributed by atoms with Crippen molar-refractivity contribution in [3.63, 3.8) is 0 Å². The molecule has 0 aliphatic rings. The average Bonchev–Trinajstić information content (AvgIpc) is 3.15. The summed E-state index contributed by atoms with van der Waals surface area (Å²) < 4.78 is 6.90. The molecule has 0 saturated heterocycles. The van der Waals surface area contributed by atoms with Gasteiger partial charge in [-0.2, -0.15) is 4.98 Å². The van der Waals surface area contributed by atoms with Crippen LogP contribution in [0, 0.1) is 6.92 Å². The Morgan fingerprint density at radius 2 is 1.86 bits per heavy atom. The summed E-state index contributed by atoms with van der Waals surface area (Å²) in [6.45, 7) is 4.09. The van der Waals surface area contributed by atoms with Crippen molar-refractivity contribution in [3.8, 4) is 5.69 Å². The molecule has 0 aliphatic heterocycles. The molecule has 0 amide bonds. The number of benzene rings is 2. The molecule has 0 aliphatic carbocycles. The van der Waals surface area contributed by atoms with Crippen LogP contribution in [0.1, 0.15) is 30.6 Å². The van der Waals surface area contributed by atoms with Crippen LogP contribution >= 0.6 is 11.8 Å². The number of hydrogen-bond donors (Lipinski definition) is 0. The maximum absolute atomic E-state index is 13.2. The lowest BCUT2D eigenvalue weighted by molar-refractivity contribution is 0.373. The van der Waals surface area contributed by atoms with Crippen LogP contribution in [0.2, 0.25) is 0 Å². The second-order valence-corrected chi connectivity index (χ2v) is 7.47. The summed E-state index contributed by atoms with van der Waals surface area (Å²) in [6.07, 6.45) is 1.72. The second kappa shape index (κ2) is 7.98. The van der Waals surface area contributed by atoms with Crippen molar-refractivity contribution in [3.05, 3.63) is 76.2 Å². The van der Waals surface area contributed by atoms with Gasteiger partial charge in [-0.05, 0) is 37.6 Å². The molecule has 0 unspecified atom stereocenters. The van der Waals surface area contributed by atoms with E-state index in [1.54, 1.807) is 10.6 Å². The molecule has 0 spiro atoms. The van der Waals surface area contributed by atoms with Crippen LogP contribution in [0.5, 0.6) is 0 Å². The smallest absolute Gasteiger partial charge is 0.266 e. The van der Waals surface area contributed by atoms with Gasteiger partial charge in [0, 0.05) is 6.42 Å². The van der Waals surface area contributed by atoms with E-state index in [2.05, 4.69) is 17.1 Å². The van der Waals surface area contributed by atoms with Gasteiger partial charge in [0.15, 0.2) is 11.0 Å². The maximum Gasteiger partial charge on any atom is 0.266 e. The number of nitrogens with zero attached hydrogens (tertiary/aromatic N) is 4. The Balaban J connectivity index is 1.75. The molecule has 0 saturated carbocycles. The first-order chi connectivity index (χ1) is 13.7. The van der Waals surface area contributed by atoms with Crippen LogP contribution < -0.4 is 5.56 Å². The Hall–Kier alpha value is -2.93. The van der Waals surface area contributed by atoms with Crippen molar-refractivity contribution >= 4 is 22.7 Å². The fourth-order valence-corrected chi connectivity index (χ4v) is 3.78. The second-order valence-electron chi connectivity index (χ2n) is 6.53. The van der Waals surface area contributed by atoms with E-state index in [0.29, 0.717) is 33.5 Å². The summed E-state index contributed by atoms with van der Waals surface area (Å²) in [4.78, 5) is 22.3. The number of aryl methyl sites for hydroxylation is 2. The molecule has 2 aromatic carbocycles. The zero-order valence-electron chi connectivity index (χ0n) is 15.8. The van der Waals surface area contributed by atoms with Gasteiger partial charge in [0.05, 0.1) is 22.3 Å². The third-order valence-corrected chi connectivity index (χ3v) is 5.28. The molecule has 28 heavy (non-hydrogen) atoms. The highest BCUT2D eigenvalue weighted by atomic mass is 32.2. The van der Waals surface area contributed by atoms with Crippen LogP contribution in [0.15, 0.2) is 63.0 Å². The SMILES string of the molecule is CCCc1nc(CSc2nc3ccccc3c(=O)n2-c2ccc(C)cc2)no1. The van der Waals surface area contributed by atoms with E-state index in [9.17, 15) is 4.79 Å². The van der Waals surface area contributed by atoms with Gasteiger partial charge >= 0.3 is 0 Å². The highest BCUT2D eigenvalue weighted by Crippen LogP contribution is 2.24. The quantitative estimate of drug-likeness (QED) is 0.359. The largest absolute Gasteiger partial charge is 0.339 e. The van der Waals surface area contributed by atoms with Crippen molar-refractivity contribution in [1.82, 2.24) is 19.7 Å². The molecule has 4 aromatic rings. The predicted octanol–water partition coefficient (Wildman–Crippen LogP) is 4.32. The molecular weight excluding hydrogens is 372 g/mol. The van der Waals surface area contributed by atoms with E-state index in [0.717, 1.165) is 24.1 Å². The van der Waals surface area contributed by atoms with Crippen LogP contribution in [-0.2, 0) is 12.2 Å². The van der Waals surface area contributed by atoms with Gasteiger partial charge in [0.1, 0.15) is 0 Å². The van der Waals surface area contributed by atoms with Crippen molar-refractivity contribution in [2.75, 3.05) is 0 Å². The topological polar surface area (TPSA) is 73.8 Å². The first-order valence-electron chi connectivity index (χ1n) is 9.19. The van der Waals surface area contributed by atoms with E-state index in [4.69, 9.17) is 9.51 Å². The Kier molecular flexibility index (Phi) is 5.25. The molecule has 0 radical (unpaired) electrons. The number of fused-ring (bicyclic) bond motifs is 1. The highest BCUT2D eigenvalue weighted by Gasteiger charge is 2.15. The van der Waals surface area contributed by atoms with E-state index in [1.165, 1.54) is 11.8 Å². The lowest BCUT2D eigenvalue weighted by Gasteiger charge is -2.13. The third-order valence-electron chi connectivity index (χ3n) is 4.34. The maximum atomic E-state index is 13.2. The summed E-state index contributed by atoms with van der Waals surface area (Å²) in [5, 5.41) is 5.23. The van der Waals surface area contributed by atoms with Crippen molar-refractivity contribution in [2.24, 2.45) is 0 Å². The average molecular weight is 392 g/mol. The summed E-state index contributed by atoms with van der Waals surface area (Å²) in [7, 11) is 0. The number of hydrogen-bond acceptors (Lipinski definition) is 6. The van der Waals surface area contributed by atoms with Gasteiger partial charge in [0.25, 0.3) is 5.56 Å². The summed E-state index contributed by atoms with van der Waals surface area (Å²) >= 11 is 1.43. The highest BCUT2D eigenvalue weighted by molar-refractivity contribution is 7.98. The minimum Gasteiger partial charge on any atom is -0.339 e. The molecule has 2 heterocycles. The molecule has 0 N–H and O–H groups in total. The Morgan fingerprint density at radius 3 is 2.64 bits per heavy atom. The van der Waals surface area contributed by atoms with E-state index in [1.807, 2.05) is 49.4 Å². The standard InChI is InChI=1S/C21H20N4O2S/c1-3-6-19-23-18(24-27-19)13-28-21-22-17-8-5-4-7-16(17)20(26)25(21)15-11-9-14(2)10-12-15/h4-5,7-12H,3,6,13H2,1-2H3. The van der Waals surface area contributed by atoms with E-state index in [-0.39, 0.29) is 5.56 Å². The lowest BCUT2D eigenvalue weighted by Crippen LogP contribution is -2.21. The predicted molar refractivity (Wildman–Crippen MR) is 110 cm³/mol. The summed E-state index contributed by atoms with van der Waals surface area (Å²) in [6, 6.07) is 15.2. The Bertz CT molecular complexity index is 1170. The Morgan fingerprint density at radius 1 is 1.07 bits per heavy atom. The van der Waals surface area contributed by atoms with Crippen molar-refractivity contribution in [1.29, 1.82) is 0 Å². The molecule has 0 bridgehead atoms. The fourth-order valence-electron chi connectivity index (χ4n) is 2.92. The number of thioether (sulfide) groups is 1. The van der Waals surface area contributed by atoms with Gasteiger partial charge < -0.3 is 4.52 Å². The Labute approximate surface area is 166 Å². The minimum absolute atomic E-state index is 0.0864. The van der Waals surface area contributed by atoms with Gasteiger partial charge in [0.2, 0.25) is 5.89 Å². The van der Waals surface area contributed by atoms with Gasteiger partial charge in [-0.15, -0.1) is 0 Å². The summed E-state index contributed by atoms with van der Waals surface area (Å²) in [5.41, 5.74) is 2.51. The van der Waals surface area contributed by atoms with Crippen LogP contribution in [-0.4, -0.2) is 19.7 Å². The molecule has 0 fully saturated rings. The van der Waals surface area contributed by atoms with Gasteiger partial charge in [-0.25, -0.2) is 4.98 Å². The van der Waals surface area contributed by atoms with Crippen molar-refractivity contribution < 1.29 is 4.52 Å². The van der Waals surface area contributed by atoms with Crippen molar-refractivity contribution in [2.45, 2.75) is 37.6 Å². The number of aromatic nitrogens is 4. The molecule has 6 nitrogen and oxygen atoms in total. The molecular formula is C21H20N4O2S. The number of rotatable bonds is 6. The van der Waals surface area contributed by atoms with E-state index < -0.39 is 0 Å². The van der Waals surface area contributed by atoms with Gasteiger partial charge in [-0.3, -0.25) is 9.36 Å². The minimum atomic E-state index is -0.0864. The molecule has 4 rings (SSSR count). The van der Waals surface area contributed by atoms with E-state index >= 15 is 0 Å². The fraction of sp³-hybridized carbons (Fsp3) is 0.238. The molecule has 142 valence electrons. The van der Waals surface area contributed by atoms with Gasteiger partial charge in [-0.1, -0.05) is 53.7 Å². The molecule has 2 aromatic heterocycles. The number of para-hydroxylation sites is 1. The first-order valence-corrected chi connectivity index (χ1v) is 10.2. The zero-order valence-corrected chi connectivity index (χ0v) is 16.6. The monoisotopic (exact) mass is 392 g/mol. The van der Waals surface area contributed by atoms with Crippen LogP contribution in [0.4, 0.5) is 0 Å². The van der Waals surface area contributed by atoms with Crippen LogP contribution in [0.25, 0.3) is 16.6 Å². The zero-order chi connectivity index (χ0) is 19.5. The van der Waals surface area contributed by atoms with Crippen LogP contribution in [0.3, 0.4) is 0 Å².